The number of hydrogen-bond donors (Lipinski definition) is 2. The molecule has 5 nitrogen and oxygen atoms in total. The molecular weight excluding hydrogens is 478 g/mol. The zero-order valence-corrected chi connectivity index (χ0v) is 20.7. The second-order valence-electron chi connectivity index (χ2n) is 8.19. The van der Waals surface area contributed by atoms with Gasteiger partial charge in [0.2, 0.25) is 0 Å². The lowest BCUT2D eigenvalue weighted by Gasteiger charge is -2.22. The molecule has 0 radical (unpaired) electrons. The van der Waals surface area contributed by atoms with E-state index in [1.165, 1.54) is 32.2 Å². The van der Waals surface area contributed by atoms with Crippen LogP contribution in [0, 0.1) is 12.7 Å². The molecule has 8 heteroatoms. The summed E-state index contributed by atoms with van der Waals surface area (Å²) >= 11 is 12.5. The van der Waals surface area contributed by atoms with Crippen molar-refractivity contribution in [2.75, 3.05) is 12.4 Å². The minimum atomic E-state index is -1.13. The van der Waals surface area contributed by atoms with Crippen LogP contribution in [0.2, 0.25) is 10.0 Å². The number of anilines is 1. The maximum atomic E-state index is 14.7. The summed E-state index contributed by atoms with van der Waals surface area (Å²) in [5, 5.41) is 13.3. The van der Waals surface area contributed by atoms with Crippen molar-refractivity contribution in [1.82, 2.24) is 4.90 Å². The molecule has 0 saturated heterocycles. The molecule has 1 unspecified atom stereocenters. The van der Waals surface area contributed by atoms with E-state index >= 15 is 0 Å². The van der Waals surface area contributed by atoms with Crippen LogP contribution in [0.5, 0.6) is 0 Å². The number of carboxylic acid groups (broad SMARTS) is 1. The van der Waals surface area contributed by atoms with Crippen LogP contribution < -0.4 is 5.32 Å². The van der Waals surface area contributed by atoms with Gasteiger partial charge in [-0.1, -0.05) is 41.4 Å². The molecule has 2 N–H and O–H groups in total. The number of rotatable bonds is 7. The van der Waals surface area contributed by atoms with Gasteiger partial charge in [-0.2, -0.15) is 0 Å². The summed E-state index contributed by atoms with van der Waals surface area (Å²) in [7, 11) is 1.39. The van der Waals surface area contributed by atoms with E-state index in [0.29, 0.717) is 21.8 Å². The lowest BCUT2D eigenvalue weighted by atomic mass is 10.0. The van der Waals surface area contributed by atoms with Gasteiger partial charge in [0, 0.05) is 29.4 Å². The zero-order valence-electron chi connectivity index (χ0n) is 19.2. The van der Waals surface area contributed by atoms with Crippen LogP contribution in [-0.2, 0) is 4.79 Å². The van der Waals surface area contributed by atoms with E-state index in [1.54, 1.807) is 18.2 Å². The fraction of sp³-hybridized carbons (Fsp3) is 0.231. The summed E-state index contributed by atoms with van der Waals surface area (Å²) in [4.78, 5) is 24.9. The molecule has 0 heterocycles. The number of aliphatic carboxylic acids is 1. The Morgan fingerprint density at radius 3 is 2.32 bits per heavy atom. The highest BCUT2D eigenvalue weighted by Gasteiger charge is 2.24. The van der Waals surface area contributed by atoms with Crippen molar-refractivity contribution in [2.45, 2.75) is 32.9 Å². The Morgan fingerprint density at radius 1 is 1.00 bits per heavy atom. The second-order valence-corrected chi connectivity index (χ2v) is 9.01. The number of nitrogens with zero attached hydrogens (tertiary/aromatic N) is 1. The monoisotopic (exact) mass is 502 g/mol. The third-order valence-electron chi connectivity index (χ3n) is 5.80. The Morgan fingerprint density at radius 2 is 1.71 bits per heavy atom. The normalized spacial score (nSPS) is 12.7. The Bertz CT molecular complexity index is 1250. The summed E-state index contributed by atoms with van der Waals surface area (Å²) in [6.45, 7) is 5.34. The quantitative estimate of drug-likeness (QED) is 0.371. The molecule has 0 aliphatic heterocycles. The lowest BCUT2D eigenvalue weighted by Crippen LogP contribution is -2.40. The average molecular weight is 503 g/mol. The molecule has 34 heavy (non-hydrogen) atoms. The number of carboxylic acids is 1. The van der Waals surface area contributed by atoms with Gasteiger partial charge in [-0.05, 0) is 73.9 Å². The molecule has 3 aromatic rings. The number of halogens is 3. The predicted octanol–water partition coefficient (Wildman–Crippen LogP) is 6.83. The molecular formula is C26H25Cl2FN2O3. The topological polar surface area (TPSA) is 69.6 Å². The van der Waals surface area contributed by atoms with E-state index in [0.717, 1.165) is 16.0 Å². The smallest absolute Gasteiger partial charge is 0.326 e. The molecule has 0 aliphatic rings. The summed E-state index contributed by atoms with van der Waals surface area (Å²) in [5.41, 5.74) is 3.67. The highest BCUT2D eigenvalue weighted by Crippen LogP contribution is 2.32. The van der Waals surface area contributed by atoms with Crippen molar-refractivity contribution < 1.29 is 19.1 Å². The molecule has 0 bridgehead atoms. The molecule has 0 aliphatic carbocycles. The molecule has 1 amide bonds. The fourth-order valence-electron chi connectivity index (χ4n) is 3.49. The van der Waals surface area contributed by atoms with Crippen molar-refractivity contribution in [3.63, 3.8) is 0 Å². The number of nitrogens with one attached hydrogen (secondary N) is 1. The number of aryl methyl sites for hydroxylation is 1. The van der Waals surface area contributed by atoms with E-state index in [2.05, 4.69) is 5.32 Å². The van der Waals surface area contributed by atoms with Crippen LogP contribution in [0.3, 0.4) is 0 Å². The third kappa shape index (κ3) is 5.51. The second kappa shape index (κ2) is 10.5. The maximum absolute atomic E-state index is 14.7. The zero-order chi connectivity index (χ0) is 25.2. The Hall–Kier alpha value is -3.09. The van der Waals surface area contributed by atoms with Gasteiger partial charge < -0.3 is 15.3 Å². The SMILES string of the molecule is Cc1cc(C(C)Nc2ccc(F)c(-c3ccc(C(=O)N(C)[C@@H](C)C(=O)O)c(Cl)c3)c2)ccc1Cl. The minimum absolute atomic E-state index is 0.0513. The maximum Gasteiger partial charge on any atom is 0.326 e. The summed E-state index contributed by atoms with van der Waals surface area (Å²) in [6, 6.07) is 14.0. The van der Waals surface area contributed by atoms with Gasteiger partial charge in [-0.3, -0.25) is 4.79 Å². The van der Waals surface area contributed by atoms with Gasteiger partial charge in [0.1, 0.15) is 11.9 Å². The van der Waals surface area contributed by atoms with Crippen LogP contribution in [0.1, 0.15) is 41.4 Å². The summed E-state index contributed by atoms with van der Waals surface area (Å²) in [6.07, 6.45) is 0. The van der Waals surface area contributed by atoms with Gasteiger partial charge >= 0.3 is 5.97 Å². The first-order valence-electron chi connectivity index (χ1n) is 10.6. The van der Waals surface area contributed by atoms with E-state index in [9.17, 15) is 14.0 Å². The number of amides is 1. The Balaban J connectivity index is 1.86. The molecule has 0 aromatic heterocycles. The number of carbonyl (C=O) groups excluding carboxylic acids is 1. The van der Waals surface area contributed by atoms with Crippen LogP contribution in [0.25, 0.3) is 11.1 Å². The number of likely N-dealkylation sites (N-methyl/N-ethyl adjacent to an activating group) is 1. The largest absolute Gasteiger partial charge is 0.480 e. The highest BCUT2D eigenvalue weighted by molar-refractivity contribution is 6.34. The minimum Gasteiger partial charge on any atom is -0.480 e. The summed E-state index contributed by atoms with van der Waals surface area (Å²) < 4.78 is 14.7. The number of benzene rings is 3. The Kier molecular flexibility index (Phi) is 7.85. The number of carbonyl (C=O) groups is 2. The molecule has 0 fully saturated rings. The van der Waals surface area contributed by atoms with Gasteiger partial charge in [-0.25, -0.2) is 9.18 Å². The van der Waals surface area contributed by atoms with Crippen molar-refractivity contribution >= 4 is 40.8 Å². The van der Waals surface area contributed by atoms with Crippen molar-refractivity contribution in [1.29, 1.82) is 0 Å². The molecule has 0 spiro atoms. The molecule has 2 atom stereocenters. The van der Waals surface area contributed by atoms with Crippen molar-refractivity contribution in [3.8, 4) is 11.1 Å². The van der Waals surface area contributed by atoms with E-state index in [4.69, 9.17) is 28.3 Å². The number of hydrogen-bond acceptors (Lipinski definition) is 3. The fourth-order valence-corrected chi connectivity index (χ4v) is 3.87. The molecule has 0 saturated carbocycles. The van der Waals surface area contributed by atoms with Crippen molar-refractivity contribution in [3.05, 3.63) is 87.2 Å². The predicted molar refractivity (Wildman–Crippen MR) is 134 cm³/mol. The van der Waals surface area contributed by atoms with Crippen LogP contribution in [-0.4, -0.2) is 35.0 Å². The summed E-state index contributed by atoms with van der Waals surface area (Å²) in [5.74, 6) is -2.10. The molecule has 3 rings (SSSR count). The van der Waals surface area contributed by atoms with Crippen LogP contribution in [0.15, 0.2) is 54.6 Å². The van der Waals surface area contributed by atoms with Crippen molar-refractivity contribution in [2.24, 2.45) is 0 Å². The third-order valence-corrected chi connectivity index (χ3v) is 6.54. The first-order valence-corrected chi connectivity index (χ1v) is 11.4. The van der Waals surface area contributed by atoms with E-state index in [-0.39, 0.29) is 16.6 Å². The van der Waals surface area contributed by atoms with E-state index in [1.807, 2.05) is 32.0 Å². The standard InChI is InChI=1S/C26H25Cl2FN2O3/c1-14-11-17(6-9-22(14)27)15(2)30-19-7-10-24(29)21(13-19)18-5-8-20(23(28)12-18)25(32)31(4)16(3)26(33)34/h5-13,15-16,30H,1-4H3,(H,33,34)/t15?,16-/m0/s1. The first-order chi connectivity index (χ1) is 16.0. The van der Waals surface area contributed by atoms with Gasteiger partial charge in [0.15, 0.2) is 0 Å². The first kappa shape index (κ1) is 25.5. The molecule has 3 aromatic carbocycles. The van der Waals surface area contributed by atoms with Gasteiger partial charge in [-0.15, -0.1) is 0 Å². The highest BCUT2D eigenvalue weighted by atomic mass is 35.5. The lowest BCUT2D eigenvalue weighted by molar-refractivity contribution is -0.141. The van der Waals surface area contributed by atoms with Crippen LogP contribution >= 0.6 is 23.2 Å². The van der Waals surface area contributed by atoms with Gasteiger partial charge in [0.25, 0.3) is 5.91 Å². The van der Waals surface area contributed by atoms with E-state index < -0.39 is 23.7 Å². The van der Waals surface area contributed by atoms with Gasteiger partial charge in [0.05, 0.1) is 10.6 Å². The average Bonchev–Trinajstić information content (AvgIpc) is 2.80. The van der Waals surface area contributed by atoms with Crippen LogP contribution in [0.4, 0.5) is 10.1 Å². The molecule has 178 valence electrons. The Labute approximate surface area is 208 Å².